The third-order valence-electron chi connectivity index (χ3n) is 4.44. The second-order valence-corrected chi connectivity index (χ2v) is 6.06. The van der Waals surface area contributed by atoms with E-state index in [9.17, 15) is 4.79 Å². The van der Waals surface area contributed by atoms with Crippen molar-refractivity contribution in [3.05, 3.63) is 36.0 Å². The highest BCUT2D eigenvalue weighted by molar-refractivity contribution is 5.95. The van der Waals surface area contributed by atoms with E-state index in [0.29, 0.717) is 29.9 Å². The molecule has 0 aliphatic carbocycles. The Balaban J connectivity index is 2.02. The molecule has 1 saturated heterocycles. The summed E-state index contributed by atoms with van der Waals surface area (Å²) < 4.78 is 10.4. The van der Waals surface area contributed by atoms with Gasteiger partial charge >= 0.3 is 5.97 Å². The fourth-order valence-electron chi connectivity index (χ4n) is 3.07. The summed E-state index contributed by atoms with van der Waals surface area (Å²) in [6.45, 7) is 5.15. The van der Waals surface area contributed by atoms with Crippen molar-refractivity contribution in [2.24, 2.45) is 0 Å². The van der Waals surface area contributed by atoms with E-state index in [1.807, 2.05) is 24.3 Å². The van der Waals surface area contributed by atoms with Crippen molar-refractivity contribution in [1.29, 1.82) is 0 Å². The van der Waals surface area contributed by atoms with Gasteiger partial charge in [-0.15, -0.1) is 0 Å². The first-order valence-corrected chi connectivity index (χ1v) is 8.59. The molecule has 2 heterocycles. The predicted molar refractivity (Wildman–Crippen MR) is 96.0 cm³/mol. The van der Waals surface area contributed by atoms with Crippen molar-refractivity contribution in [2.45, 2.75) is 32.7 Å². The molecule has 1 aliphatic rings. The summed E-state index contributed by atoms with van der Waals surface area (Å²) >= 11 is 0. The van der Waals surface area contributed by atoms with Gasteiger partial charge in [-0.05, 0) is 51.0 Å². The van der Waals surface area contributed by atoms with E-state index in [0.717, 1.165) is 30.7 Å². The summed E-state index contributed by atoms with van der Waals surface area (Å²) in [4.78, 5) is 23.6. The Morgan fingerprint density at radius 2 is 2.08 bits per heavy atom. The summed E-state index contributed by atoms with van der Waals surface area (Å²) in [5.74, 6) is 1.65. The molecule has 0 spiro atoms. The largest absolute Gasteiger partial charge is 0.497 e. The molecule has 132 valence electrons. The Bertz CT molecular complexity index is 746. The molecule has 0 bridgehead atoms. The average Bonchev–Trinajstić information content (AvgIpc) is 3.07. The lowest BCUT2D eigenvalue weighted by Gasteiger charge is -2.24. The topological polar surface area (TPSA) is 64.5 Å². The Morgan fingerprint density at radius 1 is 1.32 bits per heavy atom. The van der Waals surface area contributed by atoms with E-state index >= 15 is 0 Å². The van der Waals surface area contributed by atoms with E-state index in [4.69, 9.17) is 14.5 Å². The molecule has 1 fully saturated rings. The zero-order valence-electron chi connectivity index (χ0n) is 14.9. The number of esters is 1. The molecule has 1 aliphatic heterocycles. The SMILES string of the molecule is CCOC(=O)c1cnc(-c2ccc(OC)cc2)nc1N1CCCC1C. The highest BCUT2D eigenvalue weighted by atomic mass is 16.5. The first kappa shape index (κ1) is 17.2. The maximum Gasteiger partial charge on any atom is 0.343 e. The zero-order chi connectivity index (χ0) is 17.8. The Labute approximate surface area is 147 Å². The minimum absolute atomic E-state index is 0.327. The number of hydrogen-bond acceptors (Lipinski definition) is 6. The lowest BCUT2D eigenvalue weighted by molar-refractivity contribution is 0.0526. The number of benzene rings is 1. The molecule has 1 aromatic heterocycles. The van der Waals surface area contributed by atoms with E-state index in [2.05, 4.69) is 16.8 Å². The summed E-state index contributed by atoms with van der Waals surface area (Å²) in [7, 11) is 1.63. The molecule has 1 aromatic carbocycles. The number of nitrogens with zero attached hydrogens (tertiary/aromatic N) is 3. The number of rotatable bonds is 5. The second kappa shape index (κ2) is 7.51. The van der Waals surface area contributed by atoms with Crippen LogP contribution in [0.2, 0.25) is 0 Å². The maximum absolute atomic E-state index is 12.3. The van der Waals surface area contributed by atoms with Gasteiger partial charge < -0.3 is 14.4 Å². The van der Waals surface area contributed by atoms with E-state index in [-0.39, 0.29) is 5.97 Å². The van der Waals surface area contributed by atoms with Gasteiger partial charge in [0.1, 0.15) is 17.1 Å². The molecule has 0 N–H and O–H groups in total. The first-order valence-electron chi connectivity index (χ1n) is 8.59. The van der Waals surface area contributed by atoms with Crippen molar-refractivity contribution in [2.75, 3.05) is 25.2 Å². The van der Waals surface area contributed by atoms with Crippen LogP contribution in [0.5, 0.6) is 5.75 Å². The molecule has 1 unspecified atom stereocenters. The van der Waals surface area contributed by atoms with Gasteiger partial charge in [-0.25, -0.2) is 14.8 Å². The molecule has 6 nitrogen and oxygen atoms in total. The highest BCUT2D eigenvalue weighted by Crippen LogP contribution is 2.29. The van der Waals surface area contributed by atoms with E-state index in [1.54, 1.807) is 20.2 Å². The van der Waals surface area contributed by atoms with Crippen LogP contribution >= 0.6 is 0 Å². The Morgan fingerprint density at radius 3 is 2.68 bits per heavy atom. The Kier molecular flexibility index (Phi) is 5.16. The van der Waals surface area contributed by atoms with Crippen LogP contribution in [0.4, 0.5) is 5.82 Å². The first-order chi connectivity index (χ1) is 12.1. The quantitative estimate of drug-likeness (QED) is 0.778. The molecule has 2 aromatic rings. The lowest BCUT2D eigenvalue weighted by atomic mass is 10.2. The normalized spacial score (nSPS) is 16.8. The molecule has 6 heteroatoms. The van der Waals surface area contributed by atoms with Crippen molar-refractivity contribution in [3.8, 4) is 17.1 Å². The molecule has 3 rings (SSSR count). The molecule has 0 radical (unpaired) electrons. The third-order valence-corrected chi connectivity index (χ3v) is 4.44. The van der Waals surface area contributed by atoms with Crippen LogP contribution in [0, 0.1) is 0 Å². The highest BCUT2D eigenvalue weighted by Gasteiger charge is 2.27. The van der Waals surface area contributed by atoms with Crippen LogP contribution in [-0.4, -0.2) is 42.2 Å². The summed E-state index contributed by atoms with van der Waals surface area (Å²) in [6.07, 6.45) is 3.75. The monoisotopic (exact) mass is 341 g/mol. The Hall–Kier alpha value is -2.63. The average molecular weight is 341 g/mol. The number of aromatic nitrogens is 2. The van der Waals surface area contributed by atoms with Crippen molar-refractivity contribution in [1.82, 2.24) is 9.97 Å². The van der Waals surface area contributed by atoms with Crippen molar-refractivity contribution in [3.63, 3.8) is 0 Å². The fraction of sp³-hybridized carbons (Fsp3) is 0.421. The number of ether oxygens (including phenoxy) is 2. The maximum atomic E-state index is 12.3. The summed E-state index contributed by atoms with van der Waals surface area (Å²) in [5, 5.41) is 0. The number of anilines is 1. The van der Waals surface area contributed by atoms with Crippen molar-refractivity contribution < 1.29 is 14.3 Å². The molecule has 0 saturated carbocycles. The lowest BCUT2D eigenvalue weighted by Crippen LogP contribution is -2.29. The standard InChI is InChI=1S/C19H23N3O3/c1-4-25-19(23)16-12-20-17(14-7-9-15(24-3)10-8-14)21-18(16)22-11-5-6-13(22)2/h7-10,12-13H,4-6,11H2,1-3H3. The van der Waals surface area contributed by atoms with Crippen LogP contribution in [0.3, 0.4) is 0 Å². The van der Waals surface area contributed by atoms with E-state index < -0.39 is 0 Å². The van der Waals surface area contributed by atoms with Gasteiger partial charge in [-0.2, -0.15) is 0 Å². The number of carbonyl (C=O) groups is 1. The van der Waals surface area contributed by atoms with Crippen LogP contribution in [0.15, 0.2) is 30.5 Å². The van der Waals surface area contributed by atoms with Gasteiger partial charge in [0.15, 0.2) is 5.82 Å². The molecular weight excluding hydrogens is 318 g/mol. The molecular formula is C19H23N3O3. The van der Waals surface area contributed by atoms with Gasteiger partial charge in [-0.3, -0.25) is 0 Å². The minimum Gasteiger partial charge on any atom is -0.497 e. The van der Waals surface area contributed by atoms with Crippen LogP contribution in [0.25, 0.3) is 11.4 Å². The van der Waals surface area contributed by atoms with Gasteiger partial charge in [0.2, 0.25) is 0 Å². The van der Waals surface area contributed by atoms with E-state index in [1.165, 1.54) is 0 Å². The smallest absolute Gasteiger partial charge is 0.343 e. The molecule has 0 amide bonds. The van der Waals surface area contributed by atoms with Gasteiger partial charge in [0.25, 0.3) is 0 Å². The van der Waals surface area contributed by atoms with Gasteiger partial charge in [-0.1, -0.05) is 0 Å². The molecule has 25 heavy (non-hydrogen) atoms. The number of hydrogen-bond donors (Lipinski definition) is 0. The van der Waals surface area contributed by atoms with Gasteiger partial charge in [0.05, 0.1) is 13.7 Å². The zero-order valence-corrected chi connectivity index (χ0v) is 14.9. The van der Waals surface area contributed by atoms with Gasteiger partial charge in [0, 0.05) is 24.3 Å². The van der Waals surface area contributed by atoms with Crippen LogP contribution < -0.4 is 9.64 Å². The third kappa shape index (κ3) is 3.57. The predicted octanol–water partition coefficient (Wildman–Crippen LogP) is 3.32. The number of methoxy groups -OCH3 is 1. The number of carbonyl (C=O) groups excluding carboxylic acids is 1. The summed E-state index contributed by atoms with van der Waals surface area (Å²) in [6, 6.07) is 7.91. The second-order valence-electron chi connectivity index (χ2n) is 6.06. The van der Waals surface area contributed by atoms with Crippen molar-refractivity contribution >= 4 is 11.8 Å². The molecule has 1 atom stereocenters. The van der Waals surface area contributed by atoms with Crippen LogP contribution in [0.1, 0.15) is 37.0 Å². The minimum atomic E-state index is -0.377. The fourth-order valence-corrected chi connectivity index (χ4v) is 3.07. The summed E-state index contributed by atoms with van der Waals surface area (Å²) in [5.41, 5.74) is 1.30. The van der Waals surface area contributed by atoms with Crippen LogP contribution in [-0.2, 0) is 4.74 Å².